The third-order valence-corrected chi connectivity index (χ3v) is 4.58. The molecule has 6 nitrogen and oxygen atoms in total. The normalized spacial score (nSPS) is 12.9. The molecule has 0 radical (unpaired) electrons. The first kappa shape index (κ1) is 19.5. The second-order valence-corrected chi connectivity index (χ2v) is 6.35. The van der Waals surface area contributed by atoms with Crippen molar-refractivity contribution in [1.29, 1.82) is 0 Å². The number of carbonyl (C=O) groups excluding carboxylic acids is 1. The number of methoxy groups -OCH3 is 1. The van der Waals surface area contributed by atoms with E-state index < -0.39 is 18.1 Å². The number of ether oxygens (including phenoxy) is 2. The summed E-state index contributed by atoms with van der Waals surface area (Å²) in [6.07, 6.45) is -0.800. The molecule has 1 aliphatic rings. The van der Waals surface area contributed by atoms with Gasteiger partial charge in [0.2, 0.25) is 0 Å². The number of carboxylic acids is 1. The van der Waals surface area contributed by atoms with Crippen molar-refractivity contribution in [1.82, 2.24) is 5.32 Å². The van der Waals surface area contributed by atoms with Crippen molar-refractivity contribution in [2.45, 2.75) is 18.4 Å². The summed E-state index contributed by atoms with van der Waals surface area (Å²) in [6, 6.07) is 14.9. The van der Waals surface area contributed by atoms with E-state index in [1.807, 2.05) is 48.5 Å². The number of amides is 1. The number of fused-ring (bicyclic) bond motifs is 3. The average Bonchev–Trinajstić information content (AvgIpc) is 3.02. The van der Waals surface area contributed by atoms with Crippen molar-refractivity contribution in [2.24, 2.45) is 0 Å². The van der Waals surface area contributed by atoms with Gasteiger partial charge >= 0.3 is 12.1 Å². The third kappa shape index (κ3) is 4.33. The van der Waals surface area contributed by atoms with E-state index in [0.717, 1.165) is 22.3 Å². The molecular weight excluding hydrogens is 358 g/mol. The van der Waals surface area contributed by atoms with Crippen LogP contribution in [0.1, 0.15) is 23.5 Å². The maximum absolute atomic E-state index is 12.2. The SMILES string of the molecule is COCC#CCC(NC(=O)OCC1c2ccccc2-c2ccccc21)C(=O)O. The zero-order valence-electron chi connectivity index (χ0n) is 15.5. The monoisotopic (exact) mass is 379 g/mol. The fourth-order valence-corrected chi connectivity index (χ4v) is 3.28. The Balaban J connectivity index is 1.64. The number of hydrogen-bond donors (Lipinski definition) is 2. The lowest BCUT2D eigenvalue weighted by Crippen LogP contribution is -2.41. The zero-order valence-corrected chi connectivity index (χ0v) is 15.5. The van der Waals surface area contributed by atoms with Crippen molar-refractivity contribution in [3.05, 3.63) is 59.7 Å². The van der Waals surface area contributed by atoms with E-state index in [9.17, 15) is 14.7 Å². The number of benzene rings is 2. The molecule has 0 aliphatic heterocycles. The third-order valence-electron chi connectivity index (χ3n) is 4.58. The van der Waals surface area contributed by atoms with Gasteiger partial charge in [-0.2, -0.15) is 0 Å². The van der Waals surface area contributed by atoms with Crippen LogP contribution in [0, 0.1) is 11.8 Å². The number of carboxylic acid groups (broad SMARTS) is 1. The van der Waals surface area contributed by atoms with Crippen LogP contribution in [0.2, 0.25) is 0 Å². The maximum atomic E-state index is 12.2. The molecule has 1 unspecified atom stereocenters. The van der Waals surface area contributed by atoms with Gasteiger partial charge in [-0.25, -0.2) is 9.59 Å². The lowest BCUT2D eigenvalue weighted by molar-refractivity contribution is -0.139. The van der Waals surface area contributed by atoms with Gasteiger partial charge in [-0.1, -0.05) is 60.4 Å². The van der Waals surface area contributed by atoms with Gasteiger partial charge in [0.15, 0.2) is 0 Å². The standard InChI is InChI=1S/C22H21NO5/c1-27-13-7-6-12-20(21(24)25)23-22(26)28-14-19-17-10-4-2-8-15(17)16-9-3-5-11-18(16)19/h2-5,8-11,19-20H,12-14H2,1H3,(H,23,26)(H,24,25). The number of nitrogens with one attached hydrogen (secondary N) is 1. The van der Waals surface area contributed by atoms with Crippen LogP contribution < -0.4 is 5.32 Å². The zero-order chi connectivity index (χ0) is 19.9. The van der Waals surface area contributed by atoms with Crippen LogP contribution in [-0.2, 0) is 14.3 Å². The lowest BCUT2D eigenvalue weighted by atomic mass is 9.98. The van der Waals surface area contributed by atoms with Crippen LogP contribution in [0.3, 0.4) is 0 Å². The summed E-state index contributed by atoms with van der Waals surface area (Å²) in [5.74, 6) is 4.09. The molecule has 0 saturated heterocycles. The molecular formula is C22H21NO5. The van der Waals surface area contributed by atoms with E-state index in [1.54, 1.807) is 0 Å². The molecule has 2 N–H and O–H groups in total. The number of hydrogen-bond acceptors (Lipinski definition) is 4. The van der Waals surface area contributed by atoms with Crippen LogP contribution in [0.25, 0.3) is 11.1 Å². The summed E-state index contributed by atoms with van der Waals surface area (Å²) in [5, 5.41) is 11.6. The Labute approximate surface area is 163 Å². The van der Waals surface area contributed by atoms with E-state index in [2.05, 4.69) is 17.2 Å². The minimum absolute atomic E-state index is 0.0249. The fraction of sp³-hybridized carbons (Fsp3) is 0.273. The highest BCUT2D eigenvalue weighted by molar-refractivity contribution is 5.81. The maximum Gasteiger partial charge on any atom is 0.407 e. The molecule has 1 atom stereocenters. The van der Waals surface area contributed by atoms with Crippen LogP contribution in [0.5, 0.6) is 0 Å². The minimum atomic E-state index is -1.17. The van der Waals surface area contributed by atoms with Crippen molar-refractivity contribution in [3.63, 3.8) is 0 Å². The van der Waals surface area contributed by atoms with Crippen molar-refractivity contribution < 1.29 is 24.2 Å². The first-order valence-corrected chi connectivity index (χ1v) is 8.90. The van der Waals surface area contributed by atoms with Crippen molar-refractivity contribution in [2.75, 3.05) is 20.3 Å². The number of rotatable bonds is 6. The minimum Gasteiger partial charge on any atom is -0.480 e. The van der Waals surface area contributed by atoms with Crippen LogP contribution in [0.15, 0.2) is 48.5 Å². The van der Waals surface area contributed by atoms with Gasteiger partial charge in [0.1, 0.15) is 19.3 Å². The predicted molar refractivity (Wildman–Crippen MR) is 104 cm³/mol. The van der Waals surface area contributed by atoms with Gasteiger partial charge in [-0.05, 0) is 22.3 Å². The Morgan fingerprint density at radius 2 is 1.68 bits per heavy atom. The summed E-state index contributed by atoms with van der Waals surface area (Å²) in [7, 11) is 1.50. The molecule has 0 fully saturated rings. The molecule has 0 heterocycles. The van der Waals surface area contributed by atoms with E-state index in [-0.39, 0.29) is 25.6 Å². The molecule has 0 saturated carbocycles. The summed E-state index contributed by atoms with van der Waals surface area (Å²) in [5.41, 5.74) is 4.45. The summed E-state index contributed by atoms with van der Waals surface area (Å²) in [4.78, 5) is 23.5. The van der Waals surface area contributed by atoms with Crippen LogP contribution in [-0.4, -0.2) is 43.5 Å². The Morgan fingerprint density at radius 3 is 2.25 bits per heavy atom. The molecule has 6 heteroatoms. The Morgan fingerprint density at radius 1 is 1.07 bits per heavy atom. The quantitative estimate of drug-likeness (QED) is 0.754. The Bertz CT molecular complexity index is 882. The van der Waals surface area contributed by atoms with Gasteiger partial charge in [0.05, 0.1) is 0 Å². The predicted octanol–water partition coefficient (Wildman–Crippen LogP) is 3.02. The first-order chi connectivity index (χ1) is 13.6. The second-order valence-electron chi connectivity index (χ2n) is 6.35. The smallest absolute Gasteiger partial charge is 0.407 e. The van der Waals surface area contributed by atoms with E-state index in [1.165, 1.54) is 7.11 Å². The Hall–Kier alpha value is -3.30. The molecule has 1 amide bonds. The van der Waals surface area contributed by atoms with Gasteiger partial charge in [0.25, 0.3) is 0 Å². The van der Waals surface area contributed by atoms with E-state index >= 15 is 0 Å². The Kier molecular flexibility index (Phi) is 6.30. The highest BCUT2D eigenvalue weighted by atomic mass is 16.5. The topological polar surface area (TPSA) is 84.9 Å². The summed E-state index contributed by atoms with van der Waals surface area (Å²) in [6.45, 7) is 0.332. The molecule has 1 aliphatic carbocycles. The van der Waals surface area contributed by atoms with E-state index in [4.69, 9.17) is 9.47 Å². The van der Waals surface area contributed by atoms with Crippen molar-refractivity contribution in [3.8, 4) is 23.0 Å². The molecule has 2 aromatic rings. The van der Waals surface area contributed by atoms with Crippen molar-refractivity contribution >= 4 is 12.1 Å². The molecule has 2 aromatic carbocycles. The van der Waals surface area contributed by atoms with Gasteiger partial charge in [-0.3, -0.25) is 0 Å². The molecule has 3 rings (SSSR count). The number of aliphatic carboxylic acids is 1. The molecule has 0 spiro atoms. The second kappa shape index (κ2) is 9.07. The van der Waals surface area contributed by atoms with Crippen LogP contribution in [0.4, 0.5) is 4.79 Å². The fourth-order valence-electron chi connectivity index (χ4n) is 3.28. The summed E-state index contributed by atoms with van der Waals surface area (Å²) >= 11 is 0. The molecule has 0 bridgehead atoms. The lowest BCUT2D eigenvalue weighted by Gasteiger charge is -2.16. The highest BCUT2D eigenvalue weighted by Gasteiger charge is 2.29. The first-order valence-electron chi connectivity index (χ1n) is 8.90. The van der Waals surface area contributed by atoms with Gasteiger partial charge in [-0.15, -0.1) is 0 Å². The molecule has 0 aromatic heterocycles. The summed E-state index contributed by atoms with van der Waals surface area (Å²) < 4.78 is 10.1. The van der Waals surface area contributed by atoms with E-state index in [0.29, 0.717) is 0 Å². The number of carbonyl (C=O) groups is 2. The van der Waals surface area contributed by atoms with Gasteiger partial charge < -0.3 is 19.9 Å². The molecule has 144 valence electrons. The average molecular weight is 379 g/mol. The molecule has 28 heavy (non-hydrogen) atoms. The van der Waals surface area contributed by atoms with Crippen LogP contribution >= 0.6 is 0 Å². The largest absolute Gasteiger partial charge is 0.480 e. The number of alkyl carbamates (subject to hydrolysis) is 1. The van der Waals surface area contributed by atoms with Gasteiger partial charge in [0, 0.05) is 19.4 Å². The highest BCUT2D eigenvalue weighted by Crippen LogP contribution is 2.44.